The van der Waals surface area contributed by atoms with Gasteiger partial charge in [-0.2, -0.15) is 0 Å². The first-order valence-corrected chi connectivity index (χ1v) is 9.55. The number of carbonyl (C=O) groups excluding carboxylic acids is 1. The fourth-order valence-electron chi connectivity index (χ4n) is 2.90. The Morgan fingerprint density at radius 2 is 1.85 bits per heavy atom. The van der Waals surface area contributed by atoms with Crippen LogP contribution >= 0.6 is 0 Å². The molecule has 1 saturated heterocycles. The minimum atomic E-state index is -0.590. The molecule has 1 amide bonds. The summed E-state index contributed by atoms with van der Waals surface area (Å²) < 4.78 is 17.0. The minimum Gasteiger partial charge on any atom is -0.491 e. The van der Waals surface area contributed by atoms with Crippen LogP contribution in [-0.4, -0.2) is 31.3 Å². The fraction of sp³-hybridized carbons (Fsp3) is 0.409. The molecule has 2 aromatic carbocycles. The molecule has 0 unspecified atom stereocenters. The zero-order chi connectivity index (χ0) is 19.1. The quantitative estimate of drug-likeness (QED) is 0.757. The Kier molecular flexibility index (Phi) is 6.71. The second-order valence-corrected chi connectivity index (χ2v) is 6.72. The Bertz CT molecular complexity index is 721. The first kappa shape index (κ1) is 19.2. The molecule has 0 radical (unpaired) electrons. The van der Waals surface area contributed by atoms with Crippen molar-refractivity contribution < 1.29 is 19.0 Å². The highest BCUT2D eigenvalue weighted by Gasteiger charge is 2.17. The standard InChI is InChI=1S/C22H27NO4/c1-3-17-6-10-20(11-7-17)27-16(2)22(24)23-18-8-12-19(13-9-18)26-15-21-5-4-14-25-21/h6-13,16,21H,3-5,14-15H2,1-2H3,(H,23,24)/t16-,21-/m0/s1. The molecule has 0 saturated carbocycles. The van der Waals surface area contributed by atoms with Gasteiger partial charge in [-0.05, 0) is 68.1 Å². The summed E-state index contributed by atoms with van der Waals surface area (Å²) in [4.78, 5) is 12.3. The van der Waals surface area contributed by atoms with Crippen molar-refractivity contribution in [3.63, 3.8) is 0 Å². The Labute approximate surface area is 160 Å². The van der Waals surface area contributed by atoms with Crippen LogP contribution in [0, 0.1) is 0 Å². The summed E-state index contributed by atoms with van der Waals surface area (Å²) in [5.41, 5.74) is 1.95. The summed E-state index contributed by atoms with van der Waals surface area (Å²) in [6.07, 6.45) is 2.72. The van der Waals surface area contributed by atoms with E-state index in [1.807, 2.05) is 48.5 Å². The second kappa shape index (κ2) is 9.42. The van der Waals surface area contributed by atoms with Gasteiger partial charge in [0.25, 0.3) is 5.91 Å². The van der Waals surface area contributed by atoms with Crippen molar-refractivity contribution in [1.82, 2.24) is 0 Å². The molecule has 0 aromatic heterocycles. The lowest BCUT2D eigenvalue weighted by Gasteiger charge is -2.15. The van der Waals surface area contributed by atoms with E-state index in [4.69, 9.17) is 14.2 Å². The SMILES string of the molecule is CCc1ccc(O[C@@H](C)C(=O)Nc2ccc(OC[C@@H]3CCCO3)cc2)cc1. The number of amides is 1. The zero-order valence-electron chi connectivity index (χ0n) is 15.9. The van der Waals surface area contributed by atoms with Gasteiger partial charge in [-0.15, -0.1) is 0 Å². The smallest absolute Gasteiger partial charge is 0.265 e. The molecular weight excluding hydrogens is 342 g/mol. The van der Waals surface area contributed by atoms with Crippen molar-refractivity contribution >= 4 is 11.6 Å². The highest BCUT2D eigenvalue weighted by molar-refractivity contribution is 5.94. The number of nitrogens with one attached hydrogen (secondary N) is 1. The fourth-order valence-corrected chi connectivity index (χ4v) is 2.90. The van der Waals surface area contributed by atoms with Gasteiger partial charge in [-0.25, -0.2) is 0 Å². The maximum Gasteiger partial charge on any atom is 0.265 e. The van der Waals surface area contributed by atoms with E-state index in [0.29, 0.717) is 18.0 Å². The summed E-state index contributed by atoms with van der Waals surface area (Å²) in [5, 5.41) is 2.86. The number of benzene rings is 2. The number of ether oxygens (including phenoxy) is 3. The number of carbonyl (C=O) groups is 1. The van der Waals surface area contributed by atoms with Crippen molar-refractivity contribution in [2.24, 2.45) is 0 Å². The molecule has 144 valence electrons. The van der Waals surface area contributed by atoms with E-state index in [0.717, 1.165) is 31.6 Å². The van der Waals surface area contributed by atoms with Crippen LogP contribution in [0.25, 0.3) is 0 Å². The highest BCUT2D eigenvalue weighted by Crippen LogP contribution is 2.19. The average Bonchev–Trinajstić information content (AvgIpc) is 3.21. The maximum absolute atomic E-state index is 12.3. The third-order valence-corrected chi connectivity index (χ3v) is 4.60. The summed E-state index contributed by atoms with van der Waals surface area (Å²) in [6, 6.07) is 15.1. The molecule has 1 aliphatic rings. The molecule has 27 heavy (non-hydrogen) atoms. The number of aryl methyl sites for hydroxylation is 1. The molecule has 0 bridgehead atoms. The third kappa shape index (κ3) is 5.73. The Balaban J connectivity index is 1.47. The molecule has 1 aliphatic heterocycles. The second-order valence-electron chi connectivity index (χ2n) is 6.72. The highest BCUT2D eigenvalue weighted by atomic mass is 16.5. The Hall–Kier alpha value is -2.53. The van der Waals surface area contributed by atoms with Gasteiger partial charge in [-0.1, -0.05) is 19.1 Å². The van der Waals surface area contributed by atoms with Crippen LogP contribution in [0.15, 0.2) is 48.5 Å². The van der Waals surface area contributed by atoms with Gasteiger partial charge in [0.2, 0.25) is 0 Å². The molecule has 5 nitrogen and oxygen atoms in total. The minimum absolute atomic E-state index is 0.189. The normalized spacial score (nSPS) is 17.3. The van der Waals surface area contributed by atoms with Crippen LogP contribution in [0.5, 0.6) is 11.5 Å². The largest absolute Gasteiger partial charge is 0.491 e. The van der Waals surface area contributed by atoms with Crippen LogP contribution in [-0.2, 0) is 16.0 Å². The van der Waals surface area contributed by atoms with Gasteiger partial charge in [-0.3, -0.25) is 4.79 Å². The predicted octanol–water partition coefficient (Wildman–Crippen LogP) is 4.21. The van der Waals surface area contributed by atoms with Crippen molar-refractivity contribution in [3.05, 3.63) is 54.1 Å². The molecule has 3 rings (SSSR count). The van der Waals surface area contributed by atoms with Crippen molar-refractivity contribution in [3.8, 4) is 11.5 Å². The molecule has 5 heteroatoms. The van der Waals surface area contributed by atoms with E-state index in [1.165, 1.54) is 5.56 Å². The monoisotopic (exact) mass is 369 g/mol. The third-order valence-electron chi connectivity index (χ3n) is 4.60. The van der Waals surface area contributed by atoms with Crippen LogP contribution < -0.4 is 14.8 Å². The molecule has 2 aromatic rings. The number of hydrogen-bond donors (Lipinski definition) is 1. The lowest BCUT2D eigenvalue weighted by Crippen LogP contribution is -2.30. The first-order chi connectivity index (χ1) is 13.1. The lowest BCUT2D eigenvalue weighted by atomic mass is 10.2. The lowest BCUT2D eigenvalue weighted by molar-refractivity contribution is -0.122. The number of rotatable bonds is 8. The van der Waals surface area contributed by atoms with Gasteiger partial charge in [0.05, 0.1) is 6.10 Å². The van der Waals surface area contributed by atoms with Crippen molar-refractivity contribution in [2.75, 3.05) is 18.5 Å². The molecular formula is C22H27NO4. The van der Waals surface area contributed by atoms with E-state index in [2.05, 4.69) is 12.2 Å². The van der Waals surface area contributed by atoms with Gasteiger partial charge in [0, 0.05) is 12.3 Å². The van der Waals surface area contributed by atoms with Crippen LogP contribution in [0.2, 0.25) is 0 Å². The van der Waals surface area contributed by atoms with E-state index >= 15 is 0 Å². The topological polar surface area (TPSA) is 56.8 Å². The van der Waals surface area contributed by atoms with E-state index in [-0.39, 0.29) is 12.0 Å². The summed E-state index contributed by atoms with van der Waals surface area (Å²) in [7, 11) is 0. The molecule has 1 heterocycles. The van der Waals surface area contributed by atoms with Crippen LogP contribution in [0.3, 0.4) is 0 Å². The predicted molar refractivity (Wildman–Crippen MR) is 105 cm³/mol. The molecule has 0 spiro atoms. The number of hydrogen-bond acceptors (Lipinski definition) is 4. The van der Waals surface area contributed by atoms with E-state index in [9.17, 15) is 4.79 Å². The summed E-state index contributed by atoms with van der Waals surface area (Å²) >= 11 is 0. The molecule has 2 atom stereocenters. The summed E-state index contributed by atoms with van der Waals surface area (Å²) in [5.74, 6) is 1.26. The van der Waals surface area contributed by atoms with Crippen molar-refractivity contribution in [2.45, 2.75) is 45.3 Å². The van der Waals surface area contributed by atoms with E-state index in [1.54, 1.807) is 6.92 Å². The molecule has 0 aliphatic carbocycles. The maximum atomic E-state index is 12.3. The summed E-state index contributed by atoms with van der Waals surface area (Å²) in [6.45, 7) is 5.22. The first-order valence-electron chi connectivity index (χ1n) is 9.55. The van der Waals surface area contributed by atoms with Gasteiger partial charge < -0.3 is 19.5 Å². The number of anilines is 1. The molecule has 1 N–H and O–H groups in total. The molecule has 1 fully saturated rings. The van der Waals surface area contributed by atoms with Gasteiger partial charge in [0.15, 0.2) is 6.10 Å². The Morgan fingerprint density at radius 1 is 1.15 bits per heavy atom. The van der Waals surface area contributed by atoms with Gasteiger partial charge in [0.1, 0.15) is 18.1 Å². The van der Waals surface area contributed by atoms with Crippen molar-refractivity contribution in [1.29, 1.82) is 0 Å². The Morgan fingerprint density at radius 3 is 2.48 bits per heavy atom. The van der Waals surface area contributed by atoms with Gasteiger partial charge >= 0.3 is 0 Å². The van der Waals surface area contributed by atoms with Crippen LogP contribution in [0.4, 0.5) is 5.69 Å². The van der Waals surface area contributed by atoms with Crippen LogP contribution in [0.1, 0.15) is 32.3 Å². The van der Waals surface area contributed by atoms with E-state index < -0.39 is 6.10 Å². The average molecular weight is 369 g/mol. The zero-order valence-corrected chi connectivity index (χ0v) is 15.9.